The lowest BCUT2D eigenvalue weighted by molar-refractivity contribution is -0.136. The molecule has 24 heavy (non-hydrogen) atoms. The van der Waals surface area contributed by atoms with E-state index < -0.39 is 0 Å². The second kappa shape index (κ2) is 8.75. The van der Waals surface area contributed by atoms with Crippen LogP contribution in [0.1, 0.15) is 18.5 Å². The highest BCUT2D eigenvalue weighted by Gasteiger charge is 2.19. The van der Waals surface area contributed by atoms with Crippen molar-refractivity contribution in [1.82, 2.24) is 15.1 Å². The summed E-state index contributed by atoms with van der Waals surface area (Å²) in [7, 11) is 1.74. The average Bonchev–Trinajstić information content (AvgIpc) is 2.55. The Bertz CT molecular complexity index is 559. The van der Waals surface area contributed by atoms with Crippen molar-refractivity contribution in [2.45, 2.75) is 13.0 Å². The fraction of sp³-hybridized carbons (Fsp3) is 0.529. The average molecular weight is 337 g/mol. The number of benzene rings is 1. The van der Waals surface area contributed by atoms with Crippen molar-refractivity contribution in [2.75, 3.05) is 46.4 Å². The van der Waals surface area contributed by atoms with Crippen LogP contribution in [0.5, 0.6) is 0 Å². The first-order chi connectivity index (χ1) is 11.5. The topological polar surface area (TPSA) is 61.9 Å². The van der Waals surface area contributed by atoms with Crippen LogP contribution in [-0.4, -0.2) is 68.1 Å². The van der Waals surface area contributed by atoms with Crippen molar-refractivity contribution in [3.63, 3.8) is 0 Å². The highest BCUT2D eigenvalue weighted by Crippen LogP contribution is 2.12. The summed E-state index contributed by atoms with van der Waals surface area (Å²) in [5.41, 5.74) is 0.830. The maximum absolute atomic E-state index is 12.9. The minimum Gasteiger partial charge on any atom is -0.378 e. The summed E-state index contributed by atoms with van der Waals surface area (Å²) in [4.78, 5) is 27.7. The van der Waals surface area contributed by atoms with E-state index in [0.717, 1.165) is 5.56 Å². The van der Waals surface area contributed by atoms with E-state index in [1.807, 2.05) is 6.92 Å². The molecule has 1 atom stereocenters. The third-order valence-corrected chi connectivity index (χ3v) is 3.93. The zero-order valence-corrected chi connectivity index (χ0v) is 14.1. The molecule has 0 aromatic heterocycles. The number of carbonyl (C=O) groups excluding carboxylic acids is 2. The molecule has 132 valence electrons. The SMILES string of the molecule is CC(NC(=O)CN(C)CC(=O)N1CCOCC1)c1ccc(F)cc1. The summed E-state index contributed by atoms with van der Waals surface area (Å²) in [5, 5.41) is 2.85. The summed E-state index contributed by atoms with van der Waals surface area (Å²) < 4.78 is 18.1. The maximum atomic E-state index is 12.9. The Morgan fingerprint density at radius 2 is 1.88 bits per heavy atom. The number of hydrogen-bond donors (Lipinski definition) is 1. The van der Waals surface area contributed by atoms with Crippen LogP contribution in [-0.2, 0) is 14.3 Å². The Balaban J connectivity index is 1.76. The van der Waals surface area contributed by atoms with E-state index in [2.05, 4.69) is 5.32 Å². The fourth-order valence-corrected chi connectivity index (χ4v) is 2.57. The minimum atomic E-state index is -0.307. The van der Waals surface area contributed by atoms with E-state index in [1.165, 1.54) is 12.1 Å². The Labute approximate surface area is 141 Å². The highest BCUT2D eigenvalue weighted by molar-refractivity contribution is 5.81. The molecular weight excluding hydrogens is 313 g/mol. The molecule has 0 aliphatic carbocycles. The van der Waals surface area contributed by atoms with Gasteiger partial charge in [-0.15, -0.1) is 0 Å². The maximum Gasteiger partial charge on any atom is 0.236 e. The molecule has 2 rings (SSSR count). The number of halogens is 1. The standard InChI is InChI=1S/C17H24FN3O3/c1-13(14-3-5-15(18)6-4-14)19-16(22)11-20(2)12-17(23)21-7-9-24-10-8-21/h3-6,13H,7-12H2,1-2H3,(H,19,22). The van der Waals surface area contributed by atoms with E-state index in [4.69, 9.17) is 4.74 Å². The number of rotatable bonds is 6. The van der Waals surface area contributed by atoms with Crippen molar-refractivity contribution in [1.29, 1.82) is 0 Å². The van der Waals surface area contributed by atoms with Gasteiger partial charge in [0.15, 0.2) is 0 Å². The Kier molecular flexibility index (Phi) is 6.69. The summed E-state index contributed by atoms with van der Waals surface area (Å²) in [5.74, 6) is -0.483. The van der Waals surface area contributed by atoms with Gasteiger partial charge in [-0.2, -0.15) is 0 Å². The van der Waals surface area contributed by atoms with Crippen molar-refractivity contribution in [3.8, 4) is 0 Å². The molecule has 1 aromatic rings. The monoisotopic (exact) mass is 337 g/mol. The van der Waals surface area contributed by atoms with Crippen LogP contribution in [0.4, 0.5) is 4.39 Å². The first-order valence-electron chi connectivity index (χ1n) is 8.04. The number of morpholine rings is 1. The number of likely N-dealkylation sites (N-methyl/N-ethyl adjacent to an activating group) is 1. The number of amides is 2. The van der Waals surface area contributed by atoms with Crippen molar-refractivity contribution < 1.29 is 18.7 Å². The molecule has 0 saturated carbocycles. The van der Waals surface area contributed by atoms with Gasteiger partial charge in [0.2, 0.25) is 11.8 Å². The van der Waals surface area contributed by atoms with Gasteiger partial charge in [-0.05, 0) is 31.7 Å². The smallest absolute Gasteiger partial charge is 0.236 e. The molecule has 7 heteroatoms. The van der Waals surface area contributed by atoms with Crippen LogP contribution in [0.3, 0.4) is 0 Å². The zero-order chi connectivity index (χ0) is 17.5. The number of ether oxygens (including phenoxy) is 1. The molecule has 1 aliphatic rings. The molecule has 0 spiro atoms. The number of carbonyl (C=O) groups is 2. The van der Waals surface area contributed by atoms with Crippen molar-refractivity contribution in [2.24, 2.45) is 0 Å². The van der Waals surface area contributed by atoms with Gasteiger partial charge in [0.1, 0.15) is 5.82 Å². The van der Waals surface area contributed by atoms with Gasteiger partial charge in [0.25, 0.3) is 0 Å². The van der Waals surface area contributed by atoms with E-state index in [-0.39, 0.29) is 36.8 Å². The number of nitrogens with one attached hydrogen (secondary N) is 1. The highest BCUT2D eigenvalue weighted by atomic mass is 19.1. The van der Waals surface area contributed by atoms with Crippen LogP contribution < -0.4 is 5.32 Å². The molecular formula is C17H24FN3O3. The first-order valence-corrected chi connectivity index (χ1v) is 8.04. The Hall–Kier alpha value is -1.99. The number of hydrogen-bond acceptors (Lipinski definition) is 4. The lowest BCUT2D eigenvalue weighted by Crippen LogP contribution is -2.46. The van der Waals surface area contributed by atoms with E-state index in [1.54, 1.807) is 29.0 Å². The van der Waals surface area contributed by atoms with Crippen LogP contribution >= 0.6 is 0 Å². The lowest BCUT2D eigenvalue weighted by Gasteiger charge is -2.28. The van der Waals surface area contributed by atoms with Gasteiger partial charge in [0, 0.05) is 13.1 Å². The van der Waals surface area contributed by atoms with Crippen LogP contribution in [0.25, 0.3) is 0 Å². The van der Waals surface area contributed by atoms with Gasteiger partial charge in [-0.25, -0.2) is 4.39 Å². The van der Waals surface area contributed by atoms with Gasteiger partial charge in [0.05, 0.1) is 32.3 Å². The van der Waals surface area contributed by atoms with Gasteiger partial charge >= 0.3 is 0 Å². The molecule has 1 unspecified atom stereocenters. The summed E-state index contributed by atoms with van der Waals surface area (Å²) in [6.45, 7) is 4.47. The van der Waals surface area contributed by atoms with Gasteiger partial charge in [-0.1, -0.05) is 12.1 Å². The third kappa shape index (κ3) is 5.58. The minimum absolute atomic E-state index is 0.000169. The van der Waals surface area contributed by atoms with Crippen LogP contribution in [0, 0.1) is 5.82 Å². The predicted molar refractivity (Wildman–Crippen MR) is 87.9 cm³/mol. The van der Waals surface area contributed by atoms with Crippen LogP contribution in [0.2, 0.25) is 0 Å². The molecule has 0 bridgehead atoms. The molecule has 2 amide bonds. The predicted octanol–water partition coefficient (Wildman–Crippen LogP) is 0.794. The van der Waals surface area contributed by atoms with E-state index >= 15 is 0 Å². The van der Waals surface area contributed by atoms with Gasteiger partial charge < -0.3 is 15.0 Å². The summed E-state index contributed by atoms with van der Waals surface area (Å²) in [6.07, 6.45) is 0. The second-order valence-corrected chi connectivity index (χ2v) is 6.01. The second-order valence-electron chi connectivity index (χ2n) is 6.01. The fourth-order valence-electron chi connectivity index (χ4n) is 2.57. The molecule has 1 heterocycles. The third-order valence-electron chi connectivity index (χ3n) is 3.93. The Morgan fingerprint density at radius 3 is 2.50 bits per heavy atom. The summed E-state index contributed by atoms with van der Waals surface area (Å²) >= 11 is 0. The quantitative estimate of drug-likeness (QED) is 0.834. The molecule has 1 aliphatic heterocycles. The molecule has 1 N–H and O–H groups in total. The van der Waals surface area contributed by atoms with E-state index in [9.17, 15) is 14.0 Å². The molecule has 6 nitrogen and oxygen atoms in total. The molecule has 1 fully saturated rings. The first kappa shape index (κ1) is 18.4. The van der Waals surface area contributed by atoms with Crippen LogP contribution in [0.15, 0.2) is 24.3 Å². The van der Waals surface area contributed by atoms with Crippen molar-refractivity contribution in [3.05, 3.63) is 35.6 Å². The van der Waals surface area contributed by atoms with E-state index in [0.29, 0.717) is 26.3 Å². The van der Waals surface area contributed by atoms with Gasteiger partial charge in [-0.3, -0.25) is 14.5 Å². The summed E-state index contributed by atoms with van der Waals surface area (Å²) in [6, 6.07) is 5.80. The molecule has 1 aromatic carbocycles. The normalized spacial score (nSPS) is 16.1. The number of nitrogens with zero attached hydrogens (tertiary/aromatic N) is 2. The largest absolute Gasteiger partial charge is 0.378 e. The van der Waals surface area contributed by atoms with Crippen molar-refractivity contribution >= 4 is 11.8 Å². The lowest BCUT2D eigenvalue weighted by atomic mass is 10.1. The Morgan fingerprint density at radius 1 is 1.25 bits per heavy atom. The molecule has 1 saturated heterocycles. The molecule has 0 radical (unpaired) electrons. The zero-order valence-electron chi connectivity index (χ0n) is 14.1.